The number of benzene rings is 1. The summed E-state index contributed by atoms with van der Waals surface area (Å²) in [5, 5.41) is 6.48. The number of fused-ring (bicyclic) bond motifs is 2. The lowest BCUT2D eigenvalue weighted by Gasteiger charge is -2.28. The summed E-state index contributed by atoms with van der Waals surface area (Å²) < 4.78 is 0. The number of anilines is 1. The van der Waals surface area contributed by atoms with E-state index in [1.807, 2.05) is 24.3 Å². The summed E-state index contributed by atoms with van der Waals surface area (Å²) >= 11 is 0. The molecule has 2 aliphatic heterocycles. The van der Waals surface area contributed by atoms with Gasteiger partial charge >= 0.3 is 0 Å². The maximum Gasteiger partial charge on any atom is 0.254 e. The van der Waals surface area contributed by atoms with Gasteiger partial charge in [-0.1, -0.05) is 25.3 Å². The molecule has 3 fully saturated rings. The van der Waals surface area contributed by atoms with Gasteiger partial charge in [-0.05, 0) is 56.8 Å². The second kappa shape index (κ2) is 9.07. The number of nitrogens with zero attached hydrogens (tertiary/aromatic N) is 1. The second-order valence-electron chi connectivity index (χ2n) is 8.00. The zero-order valence-electron chi connectivity index (χ0n) is 15.8. The Hall–Kier alpha value is -1.59. The molecule has 0 spiro atoms. The van der Waals surface area contributed by atoms with Gasteiger partial charge in [0.15, 0.2) is 0 Å². The number of carbonyl (C=O) groups is 2. The minimum absolute atomic E-state index is 0. The lowest BCUT2D eigenvalue weighted by Crippen LogP contribution is -2.42. The van der Waals surface area contributed by atoms with Crippen molar-refractivity contribution < 1.29 is 9.59 Å². The number of nitrogens with one attached hydrogen (secondary N) is 2. The van der Waals surface area contributed by atoms with Crippen molar-refractivity contribution in [1.29, 1.82) is 0 Å². The number of hydrogen-bond donors (Lipinski definition) is 2. The molecule has 2 heterocycles. The molecule has 1 aromatic carbocycles. The molecule has 2 atom stereocenters. The first-order valence-corrected chi connectivity index (χ1v) is 10.2. The first-order chi connectivity index (χ1) is 12.7. The van der Waals surface area contributed by atoms with E-state index in [4.69, 9.17) is 0 Å². The zero-order chi connectivity index (χ0) is 17.9. The average Bonchev–Trinajstić information content (AvgIpc) is 2.94. The first-order valence-electron chi connectivity index (χ1n) is 10.2. The quantitative estimate of drug-likeness (QED) is 0.827. The number of rotatable bonds is 3. The normalized spacial score (nSPS) is 25.4. The number of amides is 2. The van der Waals surface area contributed by atoms with Crippen molar-refractivity contribution in [3.63, 3.8) is 0 Å². The van der Waals surface area contributed by atoms with Crippen LogP contribution in [0.25, 0.3) is 0 Å². The van der Waals surface area contributed by atoms with Crippen molar-refractivity contribution in [2.75, 3.05) is 18.4 Å². The van der Waals surface area contributed by atoms with Crippen LogP contribution in [0.15, 0.2) is 24.3 Å². The monoisotopic (exact) mass is 391 g/mol. The summed E-state index contributed by atoms with van der Waals surface area (Å²) in [6, 6.07) is 8.13. The highest BCUT2D eigenvalue weighted by atomic mass is 35.5. The molecule has 148 valence electrons. The Morgan fingerprint density at radius 3 is 2.59 bits per heavy atom. The minimum atomic E-state index is 0. The van der Waals surface area contributed by atoms with Crippen LogP contribution in [-0.4, -0.2) is 41.9 Å². The van der Waals surface area contributed by atoms with Crippen molar-refractivity contribution in [2.45, 2.75) is 63.5 Å². The molecule has 3 aliphatic rings. The van der Waals surface area contributed by atoms with Crippen LogP contribution in [0.5, 0.6) is 0 Å². The smallest absolute Gasteiger partial charge is 0.254 e. The molecule has 6 heteroatoms. The Labute approximate surface area is 167 Å². The molecule has 5 nitrogen and oxygen atoms in total. The molecule has 4 rings (SSSR count). The van der Waals surface area contributed by atoms with Crippen molar-refractivity contribution in [3.8, 4) is 0 Å². The van der Waals surface area contributed by atoms with Gasteiger partial charge in [-0.3, -0.25) is 9.59 Å². The lowest BCUT2D eigenvalue weighted by atomic mass is 9.88. The Morgan fingerprint density at radius 1 is 1.00 bits per heavy atom. The van der Waals surface area contributed by atoms with Crippen LogP contribution in [0.2, 0.25) is 0 Å². The Kier molecular flexibility index (Phi) is 6.77. The van der Waals surface area contributed by atoms with E-state index in [0.717, 1.165) is 63.7 Å². The van der Waals surface area contributed by atoms with Crippen LogP contribution in [0.3, 0.4) is 0 Å². The molecule has 2 amide bonds. The number of halogens is 1. The van der Waals surface area contributed by atoms with Gasteiger partial charge in [0, 0.05) is 35.8 Å². The largest absolute Gasteiger partial charge is 0.331 e. The lowest BCUT2D eigenvalue weighted by molar-refractivity contribution is -0.120. The topological polar surface area (TPSA) is 61.4 Å². The van der Waals surface area contributed by atoms with Crippen LogP contribution in [0, 0.1) is 5.92 Å². The van der Waals surface area contributed by atoms with E-state index in [1.165, 1.54) is 6.42 Å². The standard InChI is InChI=1S/C21H29N3O2.ClH/c25-20(15-5-2-1-3-6-15)23-17-8-4-7-16(13-17)21(26)24-18-9-10-19(24)14-22-12-11-18;/h4,7-8,13,15,18-19,22H,1-3,5-6,9-12,14H2,(H,23,25);1H. The maximum atomic E-state index is 13.1. The van der Waals surface area contributed by atoms with Crippen LogP contribution >= 0.6 is 12.4 Å². The van der Waals surface area contributed by atoms with E-state index in [9.17, 15) is 9.59 Å². The number of carbonyl (C=O) groups excluding carboxylic acids is 2. The summed E-state index contributed by atoms with van der Waals surface area (Å²) in [6.07, 6.45) is 8.70. The summed E-state index contributed by atoms with van der Waals surface area (Å²) in [7, 11) is 0. The molecule has 2 unspecified atom stereocenters. The van der Waals surface area contributed by atoms with E-state index in [-0.39, 0.29) is 30.1 Å². The van der Waals surface area contributed by atoms with Crippen molar-refractivity contribution in [2.24, 2.45) is 5.92 Å². The van der Waals surface area contributed by atoms with E-state index < -0.39 is 0 Å². The van der Waals surface area contributed by atoms with Crippen molar-refractivity contribution in [3.05, 3.63) is 29.8 Å². The average molecular weight is 392 g/mol. The van der Waals surface area contributed by atoms with E-state index in [1.54, 1.807) is 0 Å². The highest BCUT2D eigenvalue weighted by molar-refractivity contribution is 5.98. The van der Waals surface area contributed by atoms with Gasteiger partial charge < -0.3 is 15.5 Å². The molecule has 2 N–H and O–H groups in total. The molecule has 27 heavy (non-hydrogen) atoms. The van der Waals surface area contributed by atoms with Crippen LogP contribution in [0.1, 0.15) is 61.7 Å². The molecular formula is C21H30ClN3O2. The summed E-state index contributed by atoms with van der Waals surface area (Å²) in [6.45, 7) is 1.88. The fourth-order valence-corrected chi connectivity index (χ4v) is 4.80. The van der Waals surface area contributed by atoms with Gasteiger partial charge in [-0.15, -0.1) is 12.4 Å². The highest BCUT2D eigenvalue weighted by Gasteiger charge is 2.38. The van der Waals surface area contributed by atoms with E-state index in [2.05, 4.69) is 15.5 Å². The minimum Gasteiger partial charge on any atom is -0.331 e. The van der Waals surface area contributed by atoms with Gasteiger partial charge in [0.25, 0.3) is 5.91 Å². The summed E-state index contributed by atoms with van der Waals surface area (Å²) in [5.41, 5.74) is 1.43. The first kappa shape index (κ1) is 20.2. The highest BCUT2D eigenvalue weighted by Crippen LogP contribution is 2.30. The van der Waals surface area contributed by atoms with Gasteiger partial charge in [0.2, 0.25) is 5.91 Å². The van der Waals surface area contributed by atoms with Crippen molar-refractivity contribution in [1.82, 2.24) is 10.2 Å². The SMILES string of the molecule is Cl.O=C(Nc1cccc(C(=O)N2C3CCNCC2CC3)c1)C1CCCCC1. The Morgan fingerprint density at radius 2 is 1.78 bits per heavy atom. The van der Waals surface area contributed by atoms with Gasteiger partial charge in [0.1, 0.15) is 0 Å². The van der Waals surface area contributed by atoms with Crippen LogP contribution in [-0.2, 0) is 4.79 Å². The Balaban J connectivity index is 0.00000210. The molecule has 1 saturated carbocycles. The van der Waals surface area contributed by atoms with E-state index in [0.29, 0.717) is 17.6 Å². The van der Waals surface area contributed by atoms with Crippen LogP contribution in [0.4, 0.5) is 5.69 Å². The van der Waals surface area contributed by atoms with E-state index >= 15 is 0 Å². The van der Waals surface area contributed by atoms with Crippen LogP contribution < -0.4 is 10.6 Å². The van der Waals surface area contributed by atoms with Gasteiger partial charge in [0.05, 0.1) is 0 Å². The predicted molar refractivity (Wildman–Crippen MR) is 109 cm³/mol. The molecule has 2 saturated heterocycles. The zero-order valence-corrected chi connectivity index (χ0v) is 16.6. The van der Waals surface area contributed by atoms with Gasteiger partial charge in [-0.2, -0.15) is 0 Å². The predicted octanol–water partition coefficient (Wildman–Crippen LogP) is 3.59. The fourth-order valence-electron chi connectivity index (χ4n) is 4.80. The summed E-state index contributed by atoms with van der Waals surface area (Å²) in [5.74, 6) is 0.332. The third kappa shape index (κ3) is 4.46. The molecular weight excluding hydrogens is 362 g/mol. The Bertz CT molecular complexity index is 661. The third-order valence-electron chi connectivity index (χ3n) is 6.24. The molecule has 0 aromatic heterocycles. The number of hydrogen-bond acceptors (Lipinski definition) is 3. The second-order valence-corrected chi connectivity index (χ2v) is 8.00. The summed E-state index contributed by atoms with van der Waals surface area (Å²) in [4.78, 5) is 27.7. The third-order valence-corrected chi connectivity index (χ3v) is 6.24. The molecule has 1 aliphatic carbocycles. The van der Waals surface area contributed by atoms with Gasteiger partial charge in [-0.25, -0.2) is 0 Å². The molecule has 1 aromatic rings. The van der Waals surface area contributed by atoms with Crippen molar-refractivity contribution >= 4 is 29.9 Å². The maximum absolute atomic E-state index is 13.1. The molecule has 2 bridgehead atoms. The fraction of sp³-hybridized carbons (Fsp3) is 0.619. The molecule has 0 radical (unpaired) electrons.